The van der Waals surface area contributed by atoms with Crippen LogP contribution in [-0.4, -0.2) is 33.2 Å². The fourth-order valence-corrected chi connectivity index (χ4v) is 1.29. The summed E-state index contributed by atoms with van der Waals surface area (Å²) in [5.41, 5.74) is 1.19. The number of carbonyl (C=O) groups excluding carboxylic acids is 1. The Balaban J connectivity index is 2.46. The van der Waals surface area contributed by atoms with Gasteiger partial charge in [-0.2, -0.15) is 5.10 Å². The van der Waals surface area contributed by atoms with E-state index in [1.165, 1.54) is 6.20 Å². The summed E-state index contributed by atoms with van der Waals surface area (Å²) in [5, 5.41) is 17.6. The number of rotatable bonds is 5. The summed E-state index contributed by atoms with van der Waals surface area (Å²) in [6.45, 7) is 3.53. The fourth-order valence-electron chi connectivity index (χ4n) is 1.29. The number of aryl methyl sites for hydroxylation is 1. The van der Waals surface area contributed by atoms with Gasteiger partial charge in [0.1, 0.15) is 0 Å². The Morgan fingerprint density at radius 1 is 1.62 bits per heavy atom. The standard InChI is InChI=1S/C10H15N3O3/c1-6(3-4-9(14)15)12-10(16)8-5-11-13-7(8)2/h5-6H,3-4H2,1-2H3,(H,11,13)(H,12,16)(H,14,15). The minimum Gasteiger partial charge on any atom is -0.481 e. The van der Waals surface area contributed by atoms with E-state index in [9.17, 15) is 9.59 Å². The van der Waals surface area contributed by atoms with Gasteiger partial charge in [-0.1, -0.05) is 0 Å². The van der Waals surface area contributed by atoms with Crippen molar-refractivity contribution in [2.75, 3.05) is 0 Å². The maximum atomic E-state index is 11.7. The number of carboxylic acids is 1. The summed E-state index contributed by atoms with van der Waals surface area (Å²) in [6.07, 6.45) is 1.92. The van der Waals surface area contributed by atoms with Gasteiger partial charge < -0.3 is 10.4 Å². The molecule has 6 heteroatoms. The number of H-pyrrole nitrogens is 1. The van der Waals surface area contributed by atoms with Crippen molar-refractivity contribution in [1.82, 2.24) is 15.5 Å². The Bertz CT molecular complexity index is 386. The number of hydrogen-bond acceptors (Lipinski definition) is 3. The van der Waals surface area contributed by atoms with Crippen LogP contribution in [0.5, 0.6) is 0 Å². The Morgan fingerprint density at radius 3 is 2.81 bits per heavy atom. The van der Waals surface area contributed by atoms with Crippen LogP contribution in [0.2, 0.25) is 0 Å². The van der Waals surface area contributed by atoms with Gasteiger partial charge in [0, 0.05) is 18.2 Å². The Kier molecular flexibility index (Phi) is 4.04. The average molecular weight is 225 g/mol. The zero-order chi connectivity index (χ0) is 12.1. The third-order valence-corrected chi connectivity index (χ3v) is 2.24. The first-order chi connectivity index (χ1) is 7.50. The van der Waals surface area contributed by atoms with Gasteiger partial charge in [0.2, 0.25) is 0 Å². The predicted molar refractivity (Wildman–Crippen MR) is 57.1 cm³/mol. The molecule has 0 aliphatic heterocycles. The van der Waals surface area contributed by atoms with Gasteiger partial charge in [-0.3, -0.25) is 14.7 Å². The van der Waals surface area contributed by atoms with Crippen molar-refractivity contribution in [2.24, 2.45) is 0 Å². The number of nitrogens with zero attached hydrogens (tertiary/aromatic N) is 1. The van der Waals surface area contributed by atoms with Crippen LogP contribution >= 0.6 is 0 Å². The van der Waals surface area contributed by atoms with E-state index < -0.39 is 5.97 Å². The summed E-state index contributed by atoms with van der Waals surface area (Å²) in [6, 6.07) is -0.169. The molecule has 1 rings (SSSR count). The van der Waals surface area contributed by atoms with Gasteiger partial charge in [0.25, 0.3) is 5.91 Å². The highest BCUT2D eigenvalue weighted by Gasteiger charge is 2.13. The van der Waals surface area contributed by atoms with Crippen molar-refractivity contribution in [2.45, 2.75) is 32.7 Å². The average Bonchev–Trinajstić information content (AvgIpc) is 2.61. The van der Waals surface area contributed by atoms with Crippen molar-refractivity contribution in [3.63, 3.8) is 0 Å². The van der Waals surface area contributed by atoms with Crippen molar-refractivity contribution in [3.05, 3.63) is 17.5 Å². The molecule has 0 aliphatic rings. The number of aromatic amines is 1. The number of aliphatic carboxylic acids is 1. The second-order valence-corrected chi connectivity index (χ2v) is 3.72. The van der Waals surface area contributed by atoms with E-state index in [1.807, 2.05) is 0 Å². The molecule has 0 aromatic carbocycles. The lowest BCUT2D eigenvalue weighted by Crippen LogP contribution is -2.33. The van der Waals surface area contributed by atoms with Crippen LogP contribution in [0.3, 0.4) is 0 Å². The zero-order valence-electron chi connectivity index (χ0n) is 9.28. The number of aromatic nitrogens is 2. The highest BCUT2D eigenvalue weighted by Crippen LogP contribution is 2.04. The van der Waals surface area contributed by atoms with E-state index >= 15 is 0 Å². The van der Waals surface area contributed by atoms with E-state index in [0.29, 0.717) is 17.7 Å². The third kappa shape index (κ3) is 3.38. The quantitative estimate of drug-likeness (QED) is 0.687. The lowest BCUT2D eigenvalue weighted by molar-refractivity contribution is -0.137. The smallest absolute Gasteiger partial charge is 0.303 e. The number of carbonyl (C=O) groups is 2. The van der Waals surface area contributed by atoms with E-state index in [2.05, 4.69) is 15.5 Å². The summed E-state index contributed by atoms with van der Waals surface area (Å²) in [4.78, 5) is 22.0. The fraction of sp³-hybridized carbons (Fsp3) is 0.500. The molecule has 0 saturated heterocycles. The maximum Gasteiger partial charge on any atom is 0.303 e. The first kappa shape index (κ1) is 12.2. The van der Waals surface area contributed by atoms with Crippen LogP contribution in [-0.2, 0) is 4.79 Å². The molecule has 1 aromatic heterocycles. The summed E-state index contributed by atoms with van der Waals surface area (Å²) >= 11 is 0. The predicted octanol–water partition coefficient (Wildman–Crippen LogP) is 0.701. The second-order valence-electron chi connectivity index (χ2n) is 3.72. The van der Waals surface area contributed by atoms with E-state index in [4.69, 9.17) is 5.11 Å². The third-order valence-electron chi connectivity index (χ3n) is 2.24. The minimum atomic E-state index is -0.861. The molecule has 1 unspecified atom stereocenters. The molecular weight excluding hydrogens is 210 g/mol. The van der Waals surface area contributed by atoms with Gasteiger partial charge in [-0.15, -0.1) is 0 Å². The van der Waals surface area contributed by atoms with Gasteiger partial charge >= 0.3 is 5.97 Å². The molecule has 3 N–H and O–H groups in total. The molecule has 1 amide bonds. The van der Waals surface area contributed by atoms with Gasteiger partial charge in [-0.25, -0.2) is 0 Å². The summed E-state index contributed by atoms with van der Waals surface area (Å²) in [7, 11) is 0. The molecular formula is C10H15N3O3. The summed E-state index contributed by atoms with van der Waals surface area (Å²) < 4.78 is 0. The Labute approximate surface area is 93.1 Å². The number of carboxylic acid groups (broad SMARTS) is 1. The van der Waals surface area contributed by atoms with Crippen LogP contribution in [0.15, 0.2) is 6.20 Å². The monoisotopic (exact) mass is 225 g/mol. The van der Waals surface area contributed by atoms with Crippen LogP contribution in [0, 0.1) is 6.92 Å². The molecule has 0 radical (unpaired) electrons. The topological polar surface area (TPSA) is 95.1 Å². The molecule has 1 aromatic rings. The Morgan fingerprint density at radius 2 is 2.31 bits per heavy atom. The molecule has 88 valence electrons. The van der Waals surface area contributed by atoms with E-state index in [-0.39, 0.29) is 18.4 Å². The van der Waals surface area contributed by atoms with Crippen molar-refractivity contribution in [3.8, 4) is 0 Å². The van der Waals surface area contributed by atoms with Crippen molar-refractivity contribution >= 4 is 11.9 Å². The highest BCUT2D eigenvalue weighted by molar-refractivity contribution is 5.95. The number of amides is 1. The van der Waals surface area contributed by atoms with Crippen molar-refractivity contribution in [1.29, 1.82) is 0 Å². The van der Waals surface area contributed by atoms with Gasteiger partial charge in [0.05, 0.1) is 11.8 Å². The lowest BCUT2D eigenvalue weighted by Gasteiger charge is -2.11. The Hall–Kier alpha value is -1.85. The molecule has 16 heavy (non-hydrogen) atoms. The molecule has 6 nitrogen and oxygen atoms in total. The van der Waals surface area contributed by atoms with Gasteiger partial charge in [-0.05, 0) is 20.3 Å². The van der Waals surface area contributed by atoms with Crippen LogP contribution < -0.4 is 5.32 Å². The van der Waals surface area contributed by atoms with Crippen LogP contribution in [0.1, 0.15) is 35.8 Å². The second kappa shape index (κ2) is 5.29. The minimum absolute atomic E-state index is 0.0474. The molecule has 0 aliphatic carbocycles. The molecule has 0 spiro atoms. The highest BCUT2D eigenvalue weighted by atomic mass is 16.4. The van der Waals surface area contributed by atoms with E-state index in [1.54, 1.807) is 13.8 Å². The first-order valence-corrected chi connectivity index (χ1v) is 5.03. The lowest BCUT2D eigenvalue weighted by atomic mass is 10.1. The normalized spacial score (nSPS) is 12.1. The number of nitrogens with one attached hydrogen (secondary N) is 2. The molecule has 1 heterocycles. The summed E-state index contributed by atoms with van der Waals surface area (Å²) in [5.74, 6) is -1.09. The largest absolute Gasteiger partial charge is 0.481 e. The van der Waals surface area contributed by atoms with E-state index in [0.717, 1.165) is 0 Å². The molecule has 1 atom stereocenters. The van der Waals surface area contributed by atoms with Crippen LogP contribution in [0.4, 0.5) is 0 Å². The van der Waals surface area contributed by atoms with Crippen molar-refractivity contribution < 1.29 is 14.7 Å². The van der Waals surface area contributed by atoms with Crippen LogP contribution in [0.25, 0.3) is 0 Å². The maximum absolute atomic E-state index is 11.7. The number of hydrogen-bond donors (Lipinski definition) is 3. The molecule has 0 fully saturated rings. The van der Waals surface area contributed by atoms with Gasteiger partial charge in [0.15, 0.2) is 0 Å². The zero-order valence-corrected chi connectivity index (χ0v) is 9.28. The SMILES string of the molecule is Cc1[nH]ncc1C(=O)NC(C)CCC(=O)O. The molecule has 0 bridgehead atoms. The first-order valence-electron chi connectivity index (χ1n) is 5.03. The molecule has 0 saturated carbocycles.